The van der Waals surface area contributed by atoms with Crippen LogP contribution in [0.5, 0.6) is 0 Å². The third-order valence-corrected chi connectivity index (χ3v) is 4.76. The summed E-state index contributed by atoms with van der Waals surface area (Å²) in [5.41, 5.74) is 2.59. The minimum Gasteiger partial charge on any atom is -0.395 e. The van der Waals surface area contributed by atoms with Gasteiger partial charge in [0.05, 0.1) is 25.4 Å². The van der Waals surface area contributed by atoms with Crippen LogP contribution in [-0.2, 0) is 17.8 Å². The van der Waals surface area contributed by atoms with Crippen LogP contribution in [0.1, 0.15) is 25.0 Å². The molecule has 3 rings (SSSR count). The van der Waals surface area contributed by atoms with Gasteiger partial charge in [0.1, 0.15) is 0 Å². The van der Waals surface area contributed by atoms with Crippen LogP contribution in [0, 0.1) is 0 Å². The van der Waals surface area contributed by atoms with E-state index in [0.29, 0.717) is 19.2 Å². The zero-order valence-corrected chi connectivity index (χ0v) is 19.0. The first kappa shape index (κ1) is 26.6. The van der Waals surface area contributed by atoms with Crippen molar-refractivity contribution in [3.8, 4) is 0 Å². The molecule has 0 radical (unpaired) electrons. The van der Waals surface area contributed by atoms with Crippen molar-refractivity contribution in [1.29, 1.82) is 0 Å². The lowest BCUT2D eigenvalue weighted by Crippen LogP contribution is -2.40. The summed E-state index contributed by atoms with van der Waals surface area (Å²) in [6.07, 6.45) is 0.0210. The highest BCUT2D eigenvalue weighted by molar-refractivity contribution is 5.85. The number of aliphatic hydroxyl groups is 2. The fourth-order valence-corrected chi connectivity index (χ4v) is 3.47. The van der Waals surface area contributed by atoms with Crippen LogP contribution in [0.25, 0.3) is 0 Å². The van der Waals surface area contributed by atoms with Crippen LogP contribution < -0.4 is 0 Å². The van der Waals surface area contributed by atoms with Gasteiger partial charge in [-0.15, -0.1) is 12.4 Å². The predicted octanol–water partition coefficient (Wildman–Crippen LogP) is 3.19. The number of nitrogens with zero attached hydrogens (tertiary/aromatic N) is 2. The Kier molecular flexibility index (Phi) is 13.6. The molecule has 1 saturated heterocycles. The van der Waals surface area contributed by atoms with Gasteiger partial charge in [0.25, 0.3) is 0 Å². The summed E-state index contributed by atoms with van der Waals surface area (Å²) in [4.78, 5) is 4.49. The second-order valence-electron chi connectivity index (χ2n) is 7.70. The topological polar surface area (TPSA) is 56.2 Å². The molecule has 5 nitrogen and oxygen atoms in total. The smallest absolute Gasteiger partial charge is 0.0674 e. The maximum Gasteiger partial charge on any atom is 0.0674 e. The fraction of sp³-hybridized carbons (Fsp3) is 0.500. The molecule has 168 valence electrons. The molecule has 0 unspecified atom stereocenters. The van der Waals surface area contributed by atoms with Crippen LogP contribution in [-0.4, -0.2) is 71.6 Å². The second kappa shape index (κ2) is 15.3. The van der Waals surface area contributed by atoms with Crippen molar-refractivity contribution < 1.29 is 14.9 Å². The number of ether oxygens (including phenoxy) is 1. The number of hydrogen-bond acceptors (Lipinski definition) is 5. The largest absolute Gasteiger partial charge is 0.395 e. The Bertz CT molecular complexity index is 658. The van der Waals surface area contributed by atoms with Gasteiger partial charge in [0.2, 0.25) is 0 Å². The van der Waals surface area contributed by atoms with E-state index in [9.17, 15) is 5.11 Å². The van der Waals surface area contributed by atoms with Crippen LogP contribution in [0.3, 0.4) is 0 Å². The molecule has 2 N–H and O–H groups in total. The third-order valence-electron chi connectivity index (χ3n) is 4.76. The summed E-state index contributed by atoms with van der Waals surface area (Å²) in [6, 6.07) is 20.7. The first-order chi connectivity index (χ1) is 14.1. The zero-order valence-electron chi connectivity index (χ0n) is 18.2. The van der Waals surface area contributed by atoms with E-state index in [-0.39, 0.29) is 25.1 Å². The number of aliphatic hydroxyl groups excluding tert-OH is 2. The van der Waals surface area contributed by atoms with E-state index in [0.717, 1.165) is 32.8 Å². The number of hydrogen-bond donors (Lipinski definition) is 2. The Morgan fingerprint density at radius 3 is 2.20 bits per heavy atom. The Morgan fingerprint density at radius 1 is 1.07 bits per heavy atom. The van der Waals surface area contributed by atoms with Crippen molar-refractivity contribution in [3.05, 3.63) is 71.8 Å². The summed E-state index contributed by atoms with van der Waals surface area (Å²) in [5, 5.41) is 18.2. The summed E-state index contributed by atoms with van der Waals surface area (Å²) < 4.78 is 5.50. The highest BCUT2D eigenvalue weighted by Crippen LogP contribution is 2.09. The Hall–Kier alpha value is -1.47. The van der Waals surface area contributed by atoms with Gasteiger partial charge in [-0.25, -0.2) is 0 Å². The molecule has 0 aliphatic carbocycles. The van der Waals surface area contributed by atoms with Gasteiger partial charge < -0.3 is 14.9 Å². The Morgan fingerprint density at radius 2 is 1.67 bits per heavy atom. The monoisotopic (exact) mass is 436 g/mol. The summed E-state index contributed by atoms with van der Waals surface area (Å²) in [6.45, 7) is 10.0. The van der Waals surface area contributed by atoms with Crippen LogP contribution >= 0.6 is 12.4 Å². The lowest BCUT2D eigenvalue weighted by molar-refractivity contribution is -0.0212. The lowest BCUT2D eigenvalue weighted by atomic mass is 10.2. The molecule has 0 saturated carbocycles. The predicted molar refractivity (Wildman–Crippen MR) is 125 cm³/mol. The molecular formula is C24H37ClN2O3. The highest BCUT2D eigenvalue weighted by atomic mass is 35.5. The molecule has 1 fully saturated rings. The second-order valence-corrected chi connectivity index (χ2v) is 7.70. The van der Waals surface area contributed by atoms with Gasteiger partial charge in [-0.3, -0.25) is 9.80 Å². The molecular weight excluding hydrogens is 400 g/mol. The molecule has 6 heteroatoms. The average molecular weight is 437 g/mol. The molecule has 2 aromatic carbocycles. The van der Waals surface area contributed by atoms with E-state index >= 15 is 0 Å². The first-order valence-electron chi connectivity index (χ1n) is 10.5. The summed E-state index contributed by atoms with van der Waals surface area (Å²) >= 11 is 0. The van der Waals surface area contributed by atoms with Gasteiger partial charge in [0.15, 0.2) is 0 Å². The van der Waals surface area contributed by atoms with Crippen molar-refractivity contribution in [2.24, 2.45) is 0 Å². The van der Waals surface area contributed by atoms with Crippen molar-refractivity contribution in [2.75, 3.05) is 39.4 Å². The van der Waals surface area contributed by atoms with E-state index in [1.807, 2.05) is 35.2 Å². The molecule has 30 heavy (non-hydrogen) atoms. The normalized spacial score (nSPS) is 17.6. The Labute approximate surface area is 187 Å². The minimum absolute atomic E-state index is 0. The van der Waals surface area contributed by atoms with Crippen LogP contribution in [0.2, 0.25) is 0 Å². The van der Waals surface area contributed by atoms with Crippen LogP contribution in [0.15, 0.2) is 60.7 Å². The SMILES string of the molecule is C[C@@H](O)CN(CCO)Cc1ccccc1.C[C@@H]1CN(Cc2ccccc2)CCO1.Cl. The van der Waals surface area contributed by atoms with Gasteiger partial charge in [-0.05, 0) is 25.0 Å². The van der Waals surface area contributed by atoms with E-state index in [4.69, 9.17) is 9.84 Å². The van der Waals surface area contributed by atoms with E-state index in [1.54, 1.807) is 6.92 Å². The highest BCUT2D eigenvalue weighted by Gasteiger charge is 2.16. The molecule has 0 amide bonds. The van der Waals surface area contributed by atoms with Gasteiger partial charge in [0, 0.05) is 39.3 Å². The third kappa shape index (κ3) is 11.1. The quantitative estimate of drug-likeness (QED) is 0.665. The zero-order chi connectivity index (χ0) is 20.9. The molecule has 0 bridgehead atoms. The molecule has 2 atom stereocenters. The number of benzene rings is 2. The molecule has 1 aliphatic heterocycles. The van der Waals surface area contributed by atoms with Crippen LogP contribution in [0.4, 0.5) is 0 Å². The molecule has 2 aromatic rings. The number of rotatable bonds is 8. The molecule has 0 aromatic heterocycles. The summed E-state index contributed by atoms with van der Waals surface area (Å²) in [5.74, 6) is 0. The van der Waals surface area contributed by atoms with E-state index < -0.39 is 0 Å². The summed E-state index contributed by atoms with van der Waals surface area (Å²) in [7, 11) is 0. The first-order valence-corrected chi connectivity index (χ1v) is 10.5. The minimum atomic E-state index is -0.361. The van der Waals surface area contributed by atoms with Crippen molar-refractivity contribution >= 4 is 12.4 Å². The number of halogens is 1. The van der Waals surface area contributed by atoms with Gasteiger partial charge in [-0.2, -0.15) is 0 Å². The molecule has 0 spiro atoms. The average Bonchev–Trinajstić information content (AvgIpc) is 2.70. The lowest BCUT2D eigenvalue weighted by Gasteiger charge is -2.31. The van der Waals surface area contributed by atoms with E-state index in [1.165, 1.54) is 11.1 Å². The van der Waals surface area contributed by atoms with Gasteiger partial charge >= 0.3 is 0 Å². The van der Waals surface area contributed by atoms with Crippen molar-refractivity contribution in [2.45, 2.75) is 39.1 Å². The maximum atomic E-state index is 9.30. The van der Waals surface area contributed by atoms with E-state index in [2.05, 4.69) is 42.2 Å². The van der Waals surface area contributed by atoms with Crippen molar-refractivity contribution in [1.82, 2.24) is 9.80 Å². The number of morpholine rings is 1. The Balaban J connectivity index is 0.000000291. The van der Waals surface area contributed by atoms with Gasteiger partial charge in [-0.1, -0.05) is 60.7 Å². The maximum absolute atomic E-state index is 9.30. The molecule has 1 aliphatic rings. The fourth-order valence-electron chi connectivity index (χ4n) is 3.47. The molecule has 1 heterocycles. The van der Waals surface area contributed by atoms with Crippen molar-refractivity contribution in [3.63, 3.8) is 0 Å². The standard InChI is InChI=1S/C12H19NO2.C12H17NO.ClH/c1-11(15)9-13(7-8-14)10-12-5-3-2-4-6-12;1-11-9-13(7-8-14-11)10-12-5-3-2-4-6-12;/h2-6,11,14-15H,7-10H2,1H3;2-6,11H,7-10H2,1H3;1H/t2*11-;/m11./s1.